The van der Waals surface area contributed by atoms with Crippen LogP contribution >= 0.6 is 30.3 Å². The van der Waals surface area contributed by atoms with Gasteiger partial charge in [-0.2, -0.15) is 0 Å². The molecule has 84 valence electrons. The molecule has 1 aliphatic heterocycles. The van der Waals surface area contributed by atoms with Crippen LogP contribution in [-0.2, 0) is 13.0 Å². The van der Waals surface area contributed by atoms with Crippen molar-refractivity contribution in [2.45, 2.75) is 13.0 Å². The minimum atomic E-state index is -0.260. The second kappa shape index (κ2) is 4.15. The molecule has 1 N–H and O–H groups in total. The van der Waals surface area contributed by atoms with Gasteiger partial charge in [0.15, 0.2) is 5.65 Å². The molecule has 0 atom stereocenters. The summed E-state index contributed by atoms with van der Waals surface area (Å²) in [6, 6.07) is 1.59. The van der Waals surface area contributed by atoms with Crippen molar-refractivity contribution in [2.75, 3.05) is 6.54 Å². The van der Waals surface area contributed by atoms with E-state index in [1.807, 2.05) is 0 Å². The molecule has 3 rings (SSSR count). The number of fused-ring (bicyclic) bond motifs is 3. The number of nitrogens with one attached hydrogen (secondary N) is 1. The van der Waals surface area contributed by atoms with E-state index in [1.54, 1.807) is 15.2 Å². The number of aromatic nitrogens is 2. The van der Waals surface area contributed by atoms with Gasteiger partial charge >= 0.3 is 0 Å². The van der Waals surface area contributed by atoms with Gasteiger partial charge in [0.25, 0.3) is 0 Å². The Morgan fingerprint density at radius 2 is 2.44 bits per heavy atom. The Balaban J connectivity index is 2.37. The maximum absolute atomic E-state index is 13.2. The maximum atomic E-state index is 13.2. The predicted octanol–water partition coefficient (Wildman–Crippen LogP) is 2.67. The molecular weight excluding hydrogens is 340 g/mol. The molecule has 0 aromatic carbocycles. The third-order valence-electron chi connectivity index (χ3n) is 2.86. The van der Waals surface area contributed by atoms with Crippen LogP contribution in [0.3, 0.4) is 0 Å². The highest BCUT2D eigenvalue weighted by Crippen LogP contribution is 2.33. The van der Waals surface area contributed by atoms with E-state index < -0.39 is 0 Å². The van der Waals surface area contributed by atoms with Crippen LogP contribution < -0.4 is 5.32 Å². The summed E-state index contributed by atoms with van der Waals surface area (Å²) in [6.07, 6.45) is 2.23. The number of nitrogens with zero attached hydrogens (tertiary/aromatic N) is 2. The van der Waals surface area contributed by atoms with E-state index in [0.717, 1.165) is 30.5 Å². The zero-order valence-corrected chi connectivity index (χ0v) is 11.3. The Morgan fingerprint density at radius 3 is 3.25 bits per heavy atom. The van der Waals surface area contributed by atoms with Crippen LogP contribution in [0.4, 0.5) is 4.39 Å². The van der Waals surface area contributed by atoms with E-state index in [9.17, 15) is 4.39 Å². The summed E-state index contributed by atoms with van der Waals surface area (Å²) in [4.78, 5) is 4.19. The molecule has 0 unspecified atom stereocenters. The van der Waals surface area contributed by atoms with Crippen LogP contribution in [0.5, 0.6) is 0 Å². The predicted molar refractivity (Wildman–Crippen MR) is 72.1 cm³/mol. The Labute approximate surface area is 109 Å². The average molecular weight is 349 g/mol. The summed E-state index contributed by atoms with van der Waals surface area (Å²) in [5.74, 6) is -0.260. The van der Waals surface area contributed by atoms with Gasteiger partial charge in [-0.15, -0.1) is 0 Å². The molecule has 0 aliphatic carbocycles. The van der Waals surface area contributed by atoms with E-state index in [2.05, 4.69) is 35.5 Å². The normalized spacial score (nSPS) is 15.4. The quantitative estimate of drug-likeness (QED) is 0.803. The van der Waals surface area contributed by atoms with Crippen LogP contribution in [0.15, 0.2) is 12.3 Å². The number of pyridine rings is 1. The van der Waals surface area contributed by atoms with E-state index in [0.29, 0.717) is 0 Å². The average Bonchev–Trinajstić information content (AvgIpc) is 2.62. The second-order valence-corrected chi connectivity index (χ2v) is 5.42. The molecular formula is C10H9FIN3S. The molecule has 0 radical (unpaired) electrons. The van der Waals surface area contributed by atoms with Gasteiger partial charge < -0.3 is 5.32 Å². The zero-order chi connectivity index (χ0) is 11.1. The molecule has 6 heteroatoms. The topological polar surface area (TPSA) is 29.9 Å². The van der Waals surface area contributed by atoms with Crippen LogP contribution in [0, 0.1) is 5.82 Å². The Hall–Kier alpha value is -0.340. The monoisotopic (exact) mass is 349 g/mol. The minimum absolute atomic E-state index is 0.260. The molecule has 0 spiro atoms. The highest BCUT2D eigenvalue weighted by atomic mass is 127. The van der Waals surface area contributed by atoms with Crippen molar-refractivity contribution in [3.8, 4) is 0 Å². The van der Waals surface area contributed by atoms with Gasteiger partial charge in [-0.05, 0) is 24.6 Å². The second-order valence-electron chi connectivity index (χ2n) is 3.74. The molecule has 3 heterocycles. The highest BCUT2D eigenvalue weighted by Gasteiger charge is 2.20. The summed E-state index contributed by atoms with van der Waals surface area (Å²) in [7, 11) is 1.59. The van der Waals surface area contributed by atoms with Crippen molar-refractivity contribution in [3.05, 3.63) is 29.3 Å². The van der Waals surface area contributed by atoms with Gasteiger partial charge in [0.2, 0.25) is 0 Å². The maximum Gasteiger partial charge on any atom is 0.151 e. The van der Waals surface area contributed by atoms with Gasteiger partial charge in [0.05, 0.1) is 6.20 Å². The highest BCUT2D eigenvalue weighted by molar-refractivity contribution is 14.2. The Kier molecular flexibility index (Phi) is 2.80. The molecule has 3 nitrogen and oxygen atoms in total. The first-order chi connectivity index (χ1) is 7.81. The van der Waals surface area contributed by atoms with Crippen LogP contribution in [0.1, 0.15) is 11.3 Å². The lowest BCUT2D eigenvalue weighted by molar-refractivity contribution is 0.623. The van der Waals surface area contributed by atoms with Gasteiger partial charge in [-0.3, -0.25) is 3.97 Å². The van der Waals surface area contributed by atoms with Gasteiger partial charge in [0.1, 0.15) is 5.82 Å². The Morgan fingerprint density at radius 1 is 1.56 bits per heavy atom. The lowest BCUT2D eigenvalue weighted by atomic mass is 10.1. The van der Waals surface area contributed by atoms with Crippen LogP contribution in [0.25, 0.3) is 11.0 Å². The number of rotatable bonds is 1. The first-order valence-electron chi connectivity index (χ1n) is 4.99. The summed E-state index contributed by atoms with van der Waals surface area (Å²) >= 11 is 2.23. The van der Waals surface area contributed by atoms with Crippen LogP contribution in [-0.4, -0.2) is 15.5 Å². The fourth-order valence-electron chi connectivity index (χ4n) is 2.17. The number of halogens is 2. The Bertz CT molecular complexity index is 554. The molecule has 0 saturated heterocycles. The lowest BCUT2D eigenvalue weighted by Crippen LogP contribution is -2.24. The summed E-state index contributed by atoms with van der Waals surface area (Å²) in [5, 5.41) is 4.29. The van der Waals surface area contributed by atoms with E-state index in [-0.39, 0.29) is 5.82 Å². The van der Waals surface area contributed by atoms with Gasteiger partial charge in [0, 0.05) is 47.9 Å². The van der Waals surface area contributed by atoms with E-state index in [1.165, 1.54) is 17.5 Å². The fourth-order valence-corrected chi connectivity index (χ4v) is 3.92. The first kappa shape index (κ1) is 10.8. The van der Waals surface area contributed by atoms with Crippen molar-refractivity contribution in [1.29, 1.82) is 0 Å². The molecule has 0 saturated carbocycles. The molecule has 0 fully saturated rings. The molecule has 0 amide bonds. The summed E-state index contributed by atoms with van der Waals surface area (Å²) in [5.41, 5.74) is 3.33. The third-order valence-corrected chi connectivity index (χ3v) is 4.57. The van der Waals surface area contributed by atoms with Gasteiger partial charge in [-0.1, -0.05) is 0 Å². The van der Waals surface area contributed by atoms with Crippen molar-refractivity contribution in [1.82, 2.24) is 14.3 Å². The molecule has 0 bridgehead atoms. The number of hydrogen-bond donors (Lipinski definition) is 1. The van der Waals surface area contributed by atoms with Crippen molar-refractivity contribution >= 4 is 41.4 Å². The van der Waals surface area contributed by atoms with Gasteiger partial charge in [-0.25, -0.2) is 9.37 Å². The van der Waals surface area contributed by atoms with Crippen molar-refractivity contribution in [2.24, 2.45) is 0 Å². The van der Waals surface area contributed by atoms with E-state index in [4.69, 9.17) is 0 Å². The molecule has 16 heavy (non-hydrogen) atoms. The van der Waals surface area contributed by atoms with Crippen molar-refractivity contribution < 1.29 is 4.39 Å². The summed E-state index contributed by atoms with van der Waals surface area (Å²) < 4.78 is 15.3. The summed E-state index contributed by atoms with van der Waals surface area (Å²) in [6.45, 7) is 1.79. The smallest absolute Gasteiger partial charge is 0.151 e. The lowest BCUT2D eigenvalue weighted by Gasteiger charge is -2.14. The standard InChI is InChI=1S/C10H9FIN3S/c11-6-3-8-7-1-2-13-5-9(7)15(16-12)10(8)14-4-6/h3-4,13H,1-2,5H2. The zero-order valence-electron chi connectivity index (χ0n) is 8.33. The largest absolute Gasteiger partial charge is 0.311 e. The first-order valence-corrected chi connectivity index (χ1v) is 8.30. The minimum Gasteiger partial charge on any atom is -0.311 e. The van der Waals surface area contributed by atoms with Crippen molar-refractivity contribution in [3.63, 3.8) is 0 Å². The van der Waals surface area contributed by atoms with Crippen LogP contribution in [0.2, 0.25) is 0 Å². The molecule has 2 aromatic rings. The molecule has 2 aromatic heterocycles. The third kappa shape index (κ3) is 1.54. The molecule has 1 aliphatic rings. The number of hydrogen-bond acceptors (Lipinski definition) is 3. The fraction of sp³-hybridized carbons (Fsp3) is 0.300. The SMILES string of the molecule is Fc1cnc2c(c1)c1c(n2SI)CNCC1. The van der Waals surface area contributed by atoms with E-state index >= 15 is 0 Å².